The zero-order valence-electron chi connectivity index (χ0n) is 13.6. The van der Waals surface area contributed by atoms with E-state index >= 15 is 0 Å². The van der Waals surface area contributed by atoms with Crippen molar-refractivity contribution in [1.29, 1.82) is 0 Å². The normalized spacial score (nSPS) is 11.8. The number of nitrogens with zero attached hydrogens (tertiary/aromatic N) is 2. The number of aromatic nitrogens is 1. The lowest BCUT2D eigenvalue weighted by atomic mass is 10.1. The molecular weight excluding hydrogens is 310 g/mol. The van der Waals surface area contributed by atoms with Gasteiger partial charge in [-0.2, -0.15) is 0 Å². The van der Waals surface area contributed by atoms with Crippen LogP contribution in [0.2, 0.25) is 0 Å². The zero-order chi connectivity index (χ0) is 17.7. The van der Waals surface area contributed by atoms with Gasteiger partial charge >= 0.3 is 0 Å². The van der Waals surface area contributed by atoms with E-state index in [4.69, 9.17) is 0 Å². The Balaban J connectivity index is 2.06. The average molecular weight is 329 g/mol. The van der Waals surface area contributed by atoms with Crippen molar-refractivity contribution in [1.82, 2.24) is 9.88 Å². The van der Waals surface area contributed by atoms with Crippen molar-refractivity contribution in [3.63, 3.8) is 0 Å². The molecule has 0 radical (unpaired) electrons. The van der Waals surface area contributed by atoms with Gasteiger partial charge in [-0.25, -0.2) is 0 Å². The number of aryl methyl sites for hydroxylation is 1. The molecule has 1 amide bonds. The van der Waals surface area contributed by atoms with Crippen LogP contribution in [0.1, 0.15) is 31.0 Å². The van der Waals surface area contributed by atoms with Crippen molar-refractivity contribution in [2.24, 2.45) is 0 Å². The zero-order valence-corrected chi connectivity index (χ0v) is 13.6. The van der Waals surface area contributed by atoms with Crippen LogP contribution in [0.3, 0.4) is 0 Å². The van der Waals surface area contributed by atoms with Gasteiger partial charge in [0.15, 0.2) is 0 Å². The van der Waals surface area contributed by atoms with Gasteiger partial charge in [0.05, 0.1) is 17.2 Å². The predicted octanol–water partition coefficient (Wildman–Crippen LogP) is 2.20. The summed E-state index contributed by atoms with van der Waals surface area (Å²) < 4.78 is 1.03. The van der Waals surface area contributed by atoms with Crippen molar-refractivity contribution in [2.45, 2.75) is 32.9 Å². The Morgan fingerprint density at radius 2 is 1.92 bits per heavy atom. The number of carbonyl (C=O) groups excluding carboxylic acids is 1. The minimum Gasteiger partial charge on any atom is -0.348 e. The Labute approximate surface area is 139 Å². The minimum atomic E-state index is -0.605. The summed E-state index contributed by atoms with van der Waals surface area (Å²) in [5, 5.41) is 13.5. The SMILES string of the molecule is CCc1ccc([C@H](C)NC(=O)Cn2cc([N+](=O)[O-])ccc2=O)cc1. The van der Waals surface area contributed by atoms with E-state index in [1.165, 1.54) is 5.56 Å². The first-order valence-electron chi connectivity index (χ1n) is 7.63. The maximum Gasteiger partial charge on any atom is 0.285 e. The largest absolute Gasteiger partial charge is 0.348 e. The molecule has 1 aromatic heterocycles. The smallest absolute Gasteiger partial charge is 0.285 e. The van der Waals surface area contributed by atoms with Crippen molar-refractivity contribution >= 4 is 11.6 Å². The van der Waals surface area contributed by atoms with E-state index in [-0.39, 0.29) is 24.2 Å². The molecule has 0 bridgehead atoms. The Morgan fingerprint density at radius 1 is 1.25 bits per heavy atom. The van der Waals surface area contributed by atoms with Gasteiger partial charge in [0.25, 0.3) is 11.2 Å². The summed E-state index contributed by atoms with van der Waals surface area (Å²) in [5.74, 6) is -0.385. The van der Waals surface area contributed by atoms with Crippen LogP contribution >= 0.6 is 0 Å². The number of carbonyl (C=O) groups is 1. The molecule has 2 rings (SSSR count). The number of nitro groups is 1. The molecule has 2 aromatic rings. The number of nitrogens with one attached hydrogen (secondary N) is 1. The molecule has 1 heterocycles. The summed E-state index contributed by atoms with van der Waals surface area (Å²) in [6.45, 7) is 3.64. The van der Waals surface area contributed by atoms with Crippen LogP contribution in [0.15, 0.2) is 47.4 Å². The summed E-state index contributed by atoms with van der Waals surface area (Å²) in [6.07, 6.45) is 2.01. The molecule has 0 aliphatic rings. The highest BCUT2D eigenvalue weighted by atomic mass is 16.6. The molecule has 7 heteroatoms. The number of hydrogen-bond donors (Lipinski definition) is 1. The van der Waals surface area contributed by atoms with Gasteiger partial charge in [-0.1, -0.05) is 31.2 Å². The summed E-state index contributed by atoms with van der Waals surface area (Å²) in [6, 6.07) is 9.88. The number of benzene rings is 1. The third-order valence-corrected chi connectivity index (χ3v) is 3.76. The lowest BCUT2D eigenvalue weighted by molar-refractivity contribution is -0.385. The van der Waals surface area contributed by atoms with E-state index in [1.807, 2.05) is 31.2 Å². The Hall–Kier alpha value is -2.96. The third kappa shape index (κ3) is 4.28. The number of rotatable bonds is 6. The third-order valence-electron chi connectivity index (χ3n) is 3.76. The van der Waals surface area contributed by atoms with Crippen molar-refractivity contribution < 1.29 is 9.72 Å². The Morgan fingerprint density at radius 3 is 2.50 bits per heavy atom. The van der Waals surface area contributed by atoms with Gasteiger partial charge in [0.2, 0.25) is 5.91 Å². The second-order valence-electron chi connectivity index (χ2n) is 5.49. The number of pyridine rings is 1. The number of amides is 1. The van der Waals surface area contributed by atoms with Crippen LogP contribution in [-0.2, 0) is 17.8 Å². The fraction of sp³-hybridized carbons (Fsp3) is 0.294. The lowest BCUT2D eigenvalue weighted by Crippen LogP contribution is -2.33. The molecule has 1 aromatic carbocycles. The molecule has 0 aliphatic heterocycles. The van der Waals surface area contributed by atoms with Gasteiger partial charge in [0.1, 0.15) is 6.54 Å². The Kier molecular flexibility index (Phi) is 5.47. The van der Waals surface area contributed by atoms with Crippen molar-refractivity contribution in [2.75, 3.05) is 0 Å². The first-order valence-corrected chi connectivity index (χ1v) is 7.63. The van der Waals surface area contributed by atoms with E-state index in [1.54, 1.807) is 0 Å². The first kappa shape index (κ1) is 17.4. The molecule has 0 fully saturated rings. The van der Waals surface area contributed by atoms with E-state index in [0.717, 1.165) is 34.9 Å². The van der Waals surface area contributed by atoms with E-state index in [9.17, 15) is 19.7 Å². The van der Waals surface area contributed by atoms with Gasteiger partial charge in [-0.3, -0.25) is 24.3 Å². The van der Waals surface area contributed by atoms with E-state index in [0.29, 0.717) is 0 Å². The lowest BCUT2D eigenvalue weighted by Gasteiger charge is -2.15. The molecule has 0 saturated heterocycles. The second kappa shape index (κ2) is 7.54. The highest BCUT2D eigenvalue weighted by Gasteiger charge is 2.13. The standard InChI is InChI=1S/C17H19N3O4/c1-3-13-4-6-14(7-5-13)12(2)18-16(21)11-19-10-15(20(23)24)8-9-17(19)22/h4-10,12H,3,11H2,1-2H3,(H,18,21)/t12-/m0/s1. The van der Waals surface area contributed by atoms with Crippen LogP contribution in [0.5, 0.6) is 0 Å². The van der Waals surface area contributed by atoms with Gasteiger partial charge < -0.3 is 5.32 Å². The minimum absolute atomic E-state index is 0.224. The van der Waals surface area contributed by atoms with Crippen LogP contribution in [0.25, 0.3) is 0 Å². The van der Waals surface area contributed by atoms with E-state index in [2.05, 4.69) is 12.2 Å². The van der Waals surface area contributed by atoms with Crippen LogP contribution < -0.4 is 10.9 Å². The first-order chi connectivity index (χ1) is 11.4. The fourth-order valence-corrected chi connectivity index (χ4v) is 2.32. The predicted molar refractivity (Wildman–Crippen MR) is 89.7 cm³/mol. The monoisotopic (exact) mass is 329 g/mol. The molecule has 7 nitrogen and oxygen atoms in total. The van der Waals surface area contributed by atoms with Crippen molar-refractivity contribution in [3.8, 4) is 0 Å². The molecule has 0 aliphatic carbocycles. The van der Waals surface area contributed by atoms with Crippen LogP contribution in [0.4, 0.5) is 5.69 Å². The topological polar surface area (TPSA) is 94.2 Å². The average Bonchev–Trinajstić information content (AvgIpc) is 2.56. The quantitative estimate of drug-likeness (QED) is 0.649. The summed E-state index contributed by atoms with van der Waals surface area (Å²) in [5.41, 5.74) is 1.47. The van der Waals surface area contributed by atoms with E-state index < -0.39 is 10.5 Å². The Bertz CT molecular complexity index is 796. The highest BCUT2D eigenvalue weighted by Crippen LogP contribution is 2.14. The van der Waals surface area contributed by atoms with Crippen molar-refractivity contribution in [3.05, 3.63) is 74.2 Å². The van der Waals surface area contributed by atoms with Crippen LogP contribution in [0, 0.1) is 10.1 Å². The van der Waals surface area contributed by atoms with Gasteiger partial charge in [-0.15, -0.1) is 0 Å². The molecule has 0 saturated carbocycles. The molecule has 0 spiro atoms. The fourth-order valence-electron chi connectivity index (χ4n) is 2.32. The number of hydrogen-bond acceptors (Lipinski definition) is 4. The highest BCUT2D eigenvalue weighted by molar-refractivity contribution is 5.76. The molecule has 0 unspecified atom stereocenters. The molecule has 24 heavy (non-hydrogen) atoms. The molecule has 126 valence electrons. The van der Waals surface area contributed by atoms with Gasteiger partial charge in [-0.05, 0) is 24.5 Å². The molecule has 1 N–H and O–H groups in total. The maximum absolute atomic E-state index is 12.1. The summed E-state index contributed by atoms with van der Waals surface area (Å²) in [4.78, 5) is 34.0. The van der Waals surface area contributed by atoms with Crippen LogP contribution in [-0.4, -0.2) is 15.4 Å². The summed E-state index contributed by atoms with van der Waals surface area (Å²) >= 11 is 0. The molecule has 1 atom stereocenters. The summed E-state index contributed by atoms with van der Waals surface area (Å²) in [7, 11) is 0. The van der Waals surface area contributed by atoms with Gasteiger partial charge in [0, 0.05) is 12.1 Å². The second-order valence-corrected chi connectivity index (χ2v) is 5.49. The molecular formula is C17H19N3O4. The maximum atomic E-state index is 12.1.